The number of benzene rings is 2. The van der Waals surface area contributed by atoms with E-state index in [1.807, 2.05) is 42.5 Å². The Bertz CT molecular complexity index is 517. The van der Waals surface area contributed by atoms with Gasteiger partial charge in [-0.1, -0.05) is 70.5 Å². The van der Waals surface area contributed by atoms with Crippen LogP contribution in [0.15, 0.2) is 54.6 Å². The minimum atomic E-state index is -4.16. The van der Waals surface area contributed by atoms with E-state index in [1.54, 1.807) is 12.1 Å². The third-order valence-electron chi connectivity index (χ3n) is 2.79. The summed E-state index contributed by atoms with van der Waals surface area (Å²) in [7, 11) is 0. The van der Waals surface area contributed by atoms with E-state index in [9.17, 15) is 13.2 Å². The van der Waals surface area contributed by atoms with Crippen LogP contribution in [0.1, 0.15) is 16.8 Å². The van der Waals surface area contributed by atoms with E-state index in [2.05, 4.69) is 15.9 Å². The molecule has 19 heavy (non-hydrogen) atoms. The Balaban J connectivity index is 2.15. The molecule has 1 atom stereocenters. The first kappa shape index (κ1) is 14.1. The molecule has 0 aliphatic rings. The summed E-state index contributed by atoms with van der Waals surface area (Å²) in [6.07, 6.45) is -5.02. The molecule has 0 saturated heterocycles. The largest absolute Gasteiger partial charge is 0.390 e. The SMILES string of the molecule is FC(F)(F)CC(Br)c1ccc(-c2ccccc2)cc1. The number of halogens is 4. The maximum absolute atomic E-state index is 12.3. The molecule has 0 fully saturated rings. The first-order valence-corrected chi connectivity index (χ1v) is 6.73. The summed E-state index contributed by atoms with van der Waals surface area (Å²) in [5.74, 6) is 0. The predicted molar refractivity (Wildman–Crippen MR) is 74.2 cm³/mol. The van der Waals surface area contributed by atoms with Crippen molar-refractivity contribution in [1.82, 2.24) is 0 Å². The van der Waals surface area contributed by atoms with Crippen LogP contribution in [0.25, 0.3) is 11.1 Å². The summed E-state index contributed by atoms with van der Waals surface area (Å²) in [5.41, 5.74) is 2.68. The van der Waals surface area contributed by atoms with Gasteiger partial charge in [-0.25, -0.2) is 0 Å². The van der Waals surface area contributed by atoms with Crippen LogP contribution in [-0.2, 0) is 0 Å². The van der Waals surface area contributed by atoms with Gasteiger partial charge in [0.1, 0.15) is 0 Å². The third-order valence-corrected chi connectivity index (χ3v) is 3.64. The molecule has 0 heterocycles. The summed E-state index contributed by atoms with van der Waals surface area (Å²) < 4.78 is 36.9. The lowest BCUT2D eigenvalue weighted by atomic mass is 10.0. The van der Waals surface area contributed by atoms with Crippen LogP contribution >= 0.6 is 15.9 Å². The predicted octanol–water partition coefficient (Wildman–Crippen LogP) is 5.74. The van der Waals surface area contributed by atoms with Gasteiger partial charge in [-0.2, -0.15) is 13.2 Å². The molecule has 0 bridgehead atoms. The van der Waals surface area contributed by atoms with Crippen molar-refractivity contribution in [2.75, 3.05) is 0 Å². The lowest BCUT2D eigenvalue weighted by Crippen LogP contribution is -2.10. The fourth-order valence-corrected chi connectivity index (χ4v) is 2.51. The van der Waals surface area contributed by atoms with Gasteiger partial charge in [0.15, 0.2) is 0 Å². The summed E-state index contributed by atoms with van der Waals surface area (Å²) in [6.45, 7) is 0. The van der Waals surface area contributed by atoms with Crippen molar-refractivity contribution >= 4 is 15.9 Å². The van der Waals surface area contributed by atoms with Gasteiger partial charge in [0.25, 0.3) is 0 Å². The van der Waals surface area contributed by atoms with E-state index in [-0.39, 0.29) is 0 Å². The highest BCUT2D eigenvalue weighted by Crippen LogP contribution is 2.35. The Labute approximate surface area is 118 Å². The Morgan fingerprint density at radius 1 is 0.842 bits per heavy atom. The molecule has 0 radical (unpaired) electrons. The lowest BCUT2D eigenvalue weighted by molar-refractivity contribution is -0.134. The van der Waals surface area contributed by atoms with Crippen molar-refractivity contribution in [3.63, 3.8) is 0 Å². The Kier molecular flexibility index (Phi) is 4.30. The molecule has 0 amide bonds. The fourth-order valence-electron chi connectivity index (χ4n) is 1.84. The average molecular weight is 329 g/mol. The van der Waals surface area contributed by atoms with E-state index in [4.69, 9.17) is 0 Å². The van der Waals surface area contributed by atoms with E-state index < -0.39 is 17.4 Å². The van der Waals surface area contributed by atoms with E-state index in [1.165, 1.54) is 0 Å². The molecular formula is C15H12BrF3. The maximum Gasteiger partial charge on any atom is 0.390 e. The number of rotatable bonds is 3. The molecule has 2 aromatic carbocycles. The zero-order valence-electron chi connectivity index (χ0n) is 9.99. The normalized spacial score (nSPS) is 13.3. The molecule has 0 spiro atoms. The van der Waals surface area contributed by atoms with Crippen LogP contribution < -0.4 is 0 Å². The molecule has 4 heteroatoms. The van der Waals surface area contributed by atoms with Gasteiger partial charge in [-0.3, -0.25) is 0 Å². The number of hydrogen-bond donors (Lipinski definition) is 0. The lowest BCUT2D eigenvalue weighted by Gasteiger charge is -2.13. The fraction of sp³-hybridized carbons (Fsp3) is 0.200. The van der Waals surface area contributed by atoms with Gasteiger partial charge in [-0.15, -0.1) is 0 Å². The molecule has 0 aliphatic carbocycles. The highest BCUT2D eigenvalue weighted by Gasteiger charge is 2.31. The smallest absolute Gasteiger partial charge is 0.171 e. The summed E-state index contributed by atoms with van der Waals surface area (Å²) in [4.78, 5) is -0.697. The standard InChI is InChI=1S/C15H12BrF3/c16-14(10-15(17,18)19)13-8-6-12(7-9-13)11-4-2-1-3-5-11/h1-9,14H,10H2. The van der Waals surface area contributed by atoms with Crippen LogP contribution in [0.2, 0.25) is 0 Å². The Morgan fingerprint density at radius 2 is 1.37 bits per heavy atom. The quantitative estimate of drug-likeness (QED) is 0.630. The second-order valence-corrected chi connectivity index (χ2v) is 5.38. The van der Waals surface area contributed by atoms with Crippen molar-refractivity contribution in [1.29, 1.82) is 0 Å². The second-order valence-electron chi connectivity index (χ2n) is 4.27. The molecule has 0 saturated carbocycles. The molecule has 100 valence electrons. The first-order chi connectivity index (χ1) is 8.96. The molecule has 0 N–H and O–H groups in total. The molecule has 0 aromatic heterocycles. The van der Waals surface area contributed by atoms with Gasteiger partial charge in [0, 0.05) is 4.83 Å². The van der Waals surface area contributed by atoms with Crippen LogP contribution in [-0.4, -0.2) is 6.18 Å². The Morgan fingerprint density at radius 3 is 1.89 bits per heavy atom. The van der Waals surface area contributed by atoms with Gasteiger partial charge in [-0.05, 0) is 16.7 Å². The minimum absolute atomic E-state index is 0.636. The average Bonchev–Trinajstić information content (AvgIpc) is 2.38. The van der Waals surface area contributed by atoms with Crippen molar-refractivity contribution in [2.24, 2.45) is 0 Å². The topological polar surface area (TPSA) is 0 Å². The highest BCUT2D eigenvalue weighted by atomic mass is 79.9. The molecule has 2 rings (SSSR count). The van der Waals surface area contributed by atoms with Gasteiger partial charge >= 0.3 is 6.18 Å². The van der Waals surface area contributed by atoms with Gasteiger partial charge in [0.05, 0.1) is 6.42 Å². The summed E-state index contributed by atoms with van der Waals surface area (Å²) in [6, 6.07) is 16.9. The van der Waals surface area contributed by atoms with E-state index >= 15 is 0 Å². The summed E-state index contributed by atoms with van der Waals surface area (Å²) >= 11 is 3.08. The second kappa shape index (κ2) is 5.78. The van der Waals surface area contributed by atoms with Crippen LogP contribution in [0.3, 0.4) is 0 Å². The molecule has 0 aliphatic heterocycles. The highest BCUT2D eigenvalue weighted by molar-refractivity contribution is 9.09. The molecule has 0 nitrogen and oxygen atoms in total. The van der Waals surface area contributed by atoms with E-state index in [0.717, 1.165) is 11.1 Å². The van der Waals surface area contributed by atoms with Crippen LogP contribution in [0.5, 0.6) is 0 Å². The van der Waals surface area contributed by atoms with Crippen molar-refractivity contribution in [3.8, 4) is 11.1 Å². The van der Waals surface area contributed by atoms with Gasteiger partial charge < -0.3 is 0 Å². The minimum Gasteiger partial charge on any atom is -0.171 e. The number of alkyl halides is 4. The van der Waals surface area contributed by atoms with Gasteiger partial charge in [0.2, 0.25) is 0 Å². The summed E-state index contributed by atoms with van der Waals surface area (Å²) in [5, 5.41) is 0. The monoisotopic (exact) mass is 328 g/mol. The molecule has 1 unspecified atom stereocenters. The zero-order valence-corrected chi connectivity index (χ0v) is 11.6. The first-order valence-electron chi connectivity index (χ1n) is 5.82. The zero-order chi connectivity index (χ0) is 13.9. The molecule has 2 aromatic rings. The number of hydrogen-bond acceptors (Lipinski definition) is 0. The third kappa shape index (κ3) is 4.10. The Hall–Kier alpha value is -1.29. The maximum atomic E-state index is 12.3. The molecular weight excluding hydrogens is 317 g/mol. The van der Waals surface area contributed by atoms with Crippen LogP contribution in [0.4, 0.5) is 13.2 Å². The van der Waals surface area contributed by atoms with Crippen LogP contribution in [0, 0.1) is 0 Å². The van der Waals surface area contributed by atoms with Crippen molar-refractivity contribution < 1.29 is 13.2 Å². The van der Waals surface area contributed by atoms with Crippen molar-refractivity contribution in [3.05, 3.63) is 60.2 Å². The van der Waals surface area contributed by atoms with Crippen molar-refractivity contribution in [2.45, 2.75) is 17.4 Å². The van der Waals surface area contributed by atoms with E-state index in [0.29, 0.717) is 5.56 Å².